The Bertz CT molecular complexity index is 470. The summed E-state index contributed by atoms with van der Waals surface area (Å²) in [4.78, 5) is 0.982. The second-order valence-corrected chi connectivity index (χ2v) is 4.82. The summed E-state index contributed by atoms with van der Waals surface area (Å²) in [6.07, 6.45) is 3.55. The van der Waals surface area contributed by atoms with Crippen molar-refractivity contribution in [1.29, 1.82) is 0 Å². The maximum atomic E-state index is 10.5. The van der Waals surface area contributed by atoms with E-state index in [0.29, 0.717) is 0 Å². The van der Waals surface area contributed by atoms with Crippen LogP contribution in [-0.2, 0) is 12.6 Å². The minimum atomic E-state index is -0.938. The van der Waals surface area contributed by atoms with E-state index in [0.717, 1.165) is 16.0 Å². The molecule has 0 aliphatic heterocycles. The molecule has 0 aliphatic carbocycles. The zero-order valence-corrected chi connectivity index (χ0v) is 9.88. The van der Waals surface area contributed by atoms with Gasteiger partial charge in [0, 0.05) is 23.7 Å². The summed E-state index contributed by atoms with van der Waals surface area (Å²) >= 11 is 1.57. The molecule has 0 spiro atoms. The molecule has 1 unspecified atom stereocenters. The van der Waals surface area contributed by atoms with Gasteiger partial charge in [0.05, 0.1) is 6.20 Å². The molecule has 2 rings (SSSR count). The zero-order valence-electron chi connectivity index (χ0n) is 9.06. The van der Waals surface area contributed by atoms with Crippen molar-refractivity contribution in [2.75, 3.05) is 0 Å². The highest BCUT2D eigenvalue weighted by atomic mass is 32.1. The SMILES string of the molecule is Cc1ccsc1C(C)(O)c1cnn(C)c1. The Morgan fingerprint density at radius 1 is 1.53 bits per heavy atom. The summed E-state index contributed by atoms with van der Waals surface area (Å²) in [5.74, 6) is 0. The van der Waals surface area contributed by atoms with Gasteiger partial charge in [-0.25, -0.2) is 0 Å². The second-order valence-electron chi connectivity index (χ2n) is 3.91. The van der Waals surface area contributed by atoms with E-state index in [2.05, 4.69) is 5.10 Å². The van der Waals surface area contributed by atoms with Crippen LogP contribution in [0.15, 0.2) is 23.8 Å². The standard InChI is InChI=1S/C11H14N2OS/c1-8-4-5-15-10(8)11(2,14)9-6-12-13(3)7-9/h4-7,14H,1-3H3. The fourth-order valence-electron chi connectivity index (χ4n) is 1.68. The number of thiophene rings is 1. The minimum Gasteiger partial charge on any atom is -0.380 e. The Balaban J connectivity index is 2.47. The average Bonchev–Trinajstić information content (AvgIpc) is 2.74. The molecule has 0 saturated heterocycles. The minimum absolute atomic E-state index is 0.829. The lowest BCUT2D eigenvalue weighted by atomic mass is 9.95. The van der Waals surface area contributed by atoms with E-state index in [1.807, 2.05) is 38.5 Å². The maximum absolute atomic E-state index is 10.5. The van der Waals surface area contributed by atoms with E-state index in [-0.39, 0.29) is 0 Å². The largest absolute Gasteiger partial charge is 0.380 e. The molecule has 0 aromatic carbocycles. The van der Waals surface area contributed by atoms with Crippen LogP contribution < -0.4 is 0 Å². The Kier molecular flexibility index (Phi) is 2.40. The predicted octanol–water partition coefficient (Wildman–Crippen LogP) is 2.05. The number of aryl methyl sites for hydroxylation is 2. The van der Waals surface area contributed by atoms with Crippen LogP contribution in [0, 0.1) is 6.92 Å². The number of nitrogens with zero attached hydrogens (tertiary/aromatic N) is 2. The van der Waals surface area contributed by atoms with Crippen LogP contribution in [0.1, 0.15) is 22.9 Å². The summed E-state index contributed by atoms with van der Waals surface area (Å²) in [5, 5.41) is 16.6. The second kappa shape index (κ2) is 3.47. The van der Waals surface area contributed by atoms with Crippen LogP contribution in [-0.4, -0.2) is 14.9 Å². The molecule has 4 heteroatoms. The summed E-state index contributed by atoms with van der Waals surface area (Å²) in [7, 11) is 1.85. The van der Waals surface area contributed by atoms with Crippen LogP contribution in [0.3, 0.4) is 0 Å². The number of aliphatic hydroxyl groups is 1. The molecule has 2 aromatic rings. The molecule has 2 aromatic heterocycles. The molecule has 80 valence electrons. The molecule has 1 N–H and O–H groups in total. The van der Waals surface area contributed by atoms with Crippen molar-refractivity contribution in [1.82, 2.24) is 9.78 Å². The van der Waals surface area contributed by atoms with Gasteiger partial charge in [0.25, 0.3) is 0 Å². The molecular weight excluding hydrogens is 208 g/mol. The van der Waals surface area contributed by atoms with Gasteiger partial charge in [0.2, 0.25) is 0 Å². The maximum Gasteiger partial charge on any atom is 0.124 e. The fraction of sp³-hybridized carbons (Fsp3) is 0.364. The molecule has 0 aliphatic rings. The predicted molar refractivity (Wildman–Crippen MR) is 60.9 cm³/mol. The first-order chi connectivity index (χ1) is 7.01. The van der Waals surface area contributed by atoms with Gasteiger partial charge < -0.3 is 5.11 Å². The first-order valence-corrected chi connectivity index (χ1v) is 5.66. The van der Waals surface area contributed by atoms with Crippen molar-refractivity contribution in [3.8, 4) is 0 Å². The number of hydrogen-bond acceptors (Lipinski definition) is 3. The average molecular weight is 222 g/mol. The number of aromatic nitrogens is 2. The highest BCUT2D eigenvalue weighted by Crippen LogP contribution is 2.34. The van der Waals surface area contributed by atoms with Gasteiger partial charge >= 0.3 is 0 Å². The monoisotopic (exact) mass is 222 g/mol. The van der Waals surface area contributed by atoms with Crippen molar-refractivity contribution in [2.45, 2.75) is 19.4 Å². The molecule has 1 atom stereocenters. The van der Waals surface area contributed by atoms with Crippen LogP contribution >= 0.6 is 11.3 Å². The lowest BCUT2D eigenvalue weighted by molar-refractivity contribution is 0.105. The molecule has 3 nitrogen and oxygen atoms in total. The Morgan fingerprint density at radius 2 is 2.27 bits per heavy atom. The molecular formula is C11H14N2OS. The lowest BCUT2D eigenvalue weighted by Crippen LogP contribution is -2.21. The Hall–Kier alpha value is -1.13. The smallest absolute Gasteiger partial charge is 0.124 e. The summed E-state index contributed by atoms with van der Waals surface area (Å²) in [6.45, 7) is 3.82. The molecule has 0 fully saturated rings. The van der Waals surface area contributed by atoms with E-state index in [1.165, 1.54) is 0 Å². The van der Waals surface area contributed by atoms with Crippen molar-refractivity contribution in [3.05, 3.63) is 39.8 Å². The molecule has 2 heterocycles. The molecule has 15 heavy (non-hydrogen) atoms. The van der Waals surface area contributed by atoms with Crippen LogP contribution in [0.25, 0.3) is 0 Å². The molecule has 0 radical (unpaired) electrons. The van der Waals surface area contributed by atoms with Gasteiger partial charge in [-0.15, -0.1) is 11.3 Å². The quantitative estimate of drug-likeness (QED) is 0.844. The van der Waals surface area contributed by atoms with Gasteiger partial charge in [-0.2, -0.15) is 5.10 Å². The highest BCUT2D eigenvalue weighted by molar-refractivity contribution is 7.10. The topological polar surface area (TPSA) is 38.1 Å². The molecule has 0 saturated carbocycles. The third kappa shape index (κ3) is 1.70. The Morgan fingerprint density at radius 3 is 2.73 bits per heavy atom. The fourth-order valence-corrected chi connectivity index (χ4v) is 2.68. The lowest BCUT2D eigenvalue weighted by Gasteiger charge is -2.21. The van der Waals surface area contributed by atoms with Crippen molar-refractivity contribution >= 4 is 11.3 Å². The van der Waals surface area contributed by atoms with Gasteiger partial charge in [-0.1, -0.05) is 0 Å². The van der Waals surface area contributed by atoms with Crippen LogP contribution in [0.4, 0.5) is 0 Å². The van der Waals surface area contributed by atoms with Gasteiger partial charge in [0.15, 0.2) is 0 Å². The zero-order chi connectivity index (χ0) is 11.1. The van der Waals surface area contributed by atoms with Gasteiger partial charge in [-0.05, 0) is 30.9 Å². The van der Waals surface area contributed by atoms with Crippen molar-refractivity contribution in [2.24, 2.45) is 7.05 Å². The first-order valence-electron chi connectivity index (χ1n) is 4.78. The van der Waals surface area contributed by atoms with Gasteiger partial charge in [-0.3, -0.25) is 4.68 Å². The van der Waals surface area contributed by atoms with Crippen LogP contribution in [0.2, 0.25) is 0 Å². The van der Waals surface area contributed by atoms with Crippen molar-refractivity contribution in [3.63, 3.8) is 0 Å². The van der Waals surface area contributed by atoms with Gasteiger partial charge in [0.1, 0.15) is 5.60 Å². The highest BCUT2D eigenvalue weighted by Gasteiger charge is 2.29. The van der Waals surface area contributed by atoms with E-state index >= 15 is 0 Å². The molecule has 0 amide bonds. The van der Waals surface area contributed by atoms with E-state index in [1.54, 1.807) is 22.2 Å². The summed E-state index contributed by atoms with van der Waals surface area (Å²) in [6, 6.07) is 2.02. The summed E-state index contributed by atoms with van der Waals surface area (Å²) < 4.78 is 1.70. The Labute approximate surface area is 93.0 Å². The van der Waals surface area contributed by atoms with E-state index < -0.39 is 5.60 Å². The molecule has 0 bridgehead atoms. The van der Waals surface area contributed by atoms with Crippen LogP contribution in [0.5, 0.6) is 0 Å². The van der Waals surface area contributed by atoms with E-state index in [9.17, 15) is 5.11 Å². The van der Waals surface area contributed by atoms with E-state index in [4.69, 9.17) is 0 Å². The third-order valence-electron chi connectivity index (χ3n) is 2.57. The van der Waals surface area contributed by atoms with Crippen molar-refractivity contribution < 1.29 is 5.11 Å². The first kappa shape index (κ1) is 10.4. The normalized spacial score (nSPS) is 15.2. The third-order valence-corrected chi connectivity index (χ3v) is 3.80. The number of rotatable bonds is 2. The number of hydrogen-bond donors (Lipinski definition) is 1. The summed E-state index contributed by atoms with van der Waals surface area (Å²) in [5.41, 5.74) is 1.01.